The van der Waals surface area contributed by atoms with Gasteiger partial charge in [-0.3, -0.25) is 4.79 Å². The Morgan fingerprint density at radius 2 is 2.06 bits per heavy atom. The summed E-state index contributed by atoms with van der Waals surface area (Å²) in [6.45, 7) is 2.92. The normalized spacial score (nSPS) is 10.6. The lowest BCUT2D eigenvalue weighted by atomic mass is 10.3. The third-order valence-electron chi connectivity index (χ3n) is 2.41. The van der Waals surface area contributed by atoms with E-state index in [1.807, 2.05) is 4.57 Å². The predicted molar refractivity (Wildman–Crippen MR) is 67.9 cm³/mol. The summed E-state index contributed by atoms with van der Waals surface area (Å²) in [4.78, 5) is 13.8. The number of nitrogen functional groups attached to an aromatic ring is 1. The van der Waals surface area contributed by atoms with Gasteiger partial charge in [-0.25, -0.2) is 0 Å². The Labute approximate surface area is 98.2 Å². The first-order valence-electron chi connectivity index (χ1n) is 5.22. The second kappa shape index (κ2) is 4.53. The van der Waals surface area contributed by atoms with E-state index in [0.717, 1.165) is 13.0 Å². The topological polar surface area (TPSA) is 48.0 Å². The van der Waals surface area contributed by atoms with Crippen LogP contribution in [0.15, 0.2) is 35.4 Å². The minimum Gasteiger partial charge on any atom is -0.394 e. The number of pyridine rings is 1. The van der Waals surface area contributed by atoms with Gasteiger partial charge in [0.15, 0.2) is 0 Å². The molecule has 0 saturated carbocycles. The highest BCUT2D eigenvalue weighted by Crippen LogP contribution is 2.17. The summed E-state index contributed by atoms with van der Waals surface area (Å²) in [5, 5.41) is 0. The summed E-state index contributed by atoms with van der Waals surface area (Å²) in [6, 6.07) is 5.77. The molecule has 4 heteroatoms. The summed E-state index contributed by atoms with van der Waals surface area (Å²) in [5.74, 6) is 0. The summed E-state index contributed by atoms with van der Waals surface area (Å²) >= 11 is 1.80. The zero-order chi connectivity index (χ0) is 11.5. The van der Waals surface area contributed by atoms with Crippen molar-refractivity contribution in [1.82, 2.24) is 4.57 Å². The largest absolute Gasteiger partial charge is 0.394 e. The smallest absolute Gasteiger partial charge is 0.204 e. The average molecular weight is 234 g/mol. The van der Waals surface area contributed by atoms with Crippen molar-refractivity contribution in [1.29, 1.82) is 0 Å². The van der Waals surface area contributed by atoms with Gasteiger partial charge in [0.2, 0.25) is 5.43 Å². The maximum absolute atomic E-state index is 11.1. The fourth-order valence-corrected chi connectivity index (χ4v) is 2.49. The minimum atomic E-state index is -0.114. The number of aromatic nitrogens is 1. The lowest BCUT2D eigenvalue weighted by molar-refractivity contribution is 0.803. The molecule has 3 nitrogen and oxygen atoms in total. The van der Waals surface area contributed by atoms with E-state index in [9.17, 15) is 4.79 Å². The molecule has 0 fully saturated rings. The Morgan fingerprint density at radius 1 is 1.31 bits per heavy atom. The van der Waals surface area contributed by atoms with Crippen molar-refractivity contribution in [2.24, 2.45) is 0 Å². The molecule has 2 aromatic rings. The van der Waals surface area contributed by atoms with E-state index >= 15 is 0 Å². The molecule has 84 valence electrons. The number of aryl methyl sites for hydroxylation is 1. The van der Waals surface area contributed by atoms with E-state index in [0.29, 0.717) is 5.69 Å². The number of anilines is 1. The molecule has 2 N–H and O–H groups in total. The standard InChI is InChI=1S/C12H14N2OS/c1-2-9-3-4-10(16-9)7-14-6-5-12(15)11(13)8-14/h3-6,8H,2,7,13H2,1H3. The van der Waals surface area contributed by atoms with E-state index in [-0.39, 0.29) is 5.43 Å². The number of hydrogen-bond donors (Lipinski definition) is 1. The first-order valence-corrected chi connectivity index (χ1v) is 6.04. The van der Waals surface area contributed by atoms with Gasteiger partial charge in [-0.2, -0.15) is 0 Å². The molecule has 0 aromatic carbocycles. The monoisotopic (exact) mass is 234 g/mol. The first-order chi connectivity index (χ1) is 7.69. The molecule has 0 atom stereocenters. The van der Waals surface area contributed by atoms with Gasteiger partial charge in [-0.05, 0) is 18.6 Å². The lowest BCUT2D eigenvalue weighted by Gasteiger charge is -2.04. The van der Waals surface area contributed by atoms with Crippen LogP contribution in [0.3, 0.4) is 0 Å². The minimum absolute atomic E-state index is 0.114. The van der Waals surface area contributed by atoms with Crippen molar-refractivity contribution in [2.75, 3.05) is 5.73 Å². The fourth-order valence-electron chi connectivity index (χ4n) is 1.52. The molecule has 0 unspecified atom stereocenters. The third-order valence-corrected chi connectivity index (χ3v) is 3.63. The van der Waals surface area contributed by atoms with Crippen LogP contribution in [0, 0.1) is 0 Å². The molecule has 16 heavy (non-hydrogen) atoms. The molecule has 0 spiro atoms. The van der Waals surface area contributed by atoms with Crippen molar-refractivity contribution in [3.8, 4) is 0 Å². The molecular weight excluding hydrogens is 220 g/mol. The summed E-state index contributed by atoms with van der Waals surface area (Å²) in [7, 11) is 0. The van der Waals surface area contributed by atoms with Crippen LogP contribution in [0.1, 0.15) is 16.7 Å². The average Bonchev–Trinajstić information content (AvgIpc) is 2.71. The molecule has 0 saturated heterocycles. The SMILES string of the molecule is CCc1ccc(Cn2ccc(=O)c(N)c2)s1. The van der Waals surface area contributed by atoms with Gasteiger partial charge in [0.25, 0.3) is 0 Å². The molecular formula is C12H14N2OS. The van der Waals surface area contributed by atoms with Gasteiger partial charge in [0, 0.05) is 28.2 Å². The lowest BCUT2D eigenvalue weighted by Crippen LogP contribution is -2.10. The highest BCUT2D eigenvalue weighted by Gasteiger charge is 2.00. The third kappa shape index (κ3) is 2.33. The highest BCUT2D eigenvalue weighted by molar-refractivity contribution is 7.11. The highest BCUT2D eigenvalue weighted by atomic mass is 32.1. The molecule has 0 aliphatic heterocycles. The maximum Gasteiger partial charge on any atom is 0.204 e. The molecule has 0 aliphatic carbocycles. The van der Waals surface area contributed by atoms with Gasteiger partial charge in [0.05, 0.1) is 12.2 Å². The van der Waals surface area contributed by atoms with Crippen molar-refractivity contribution >= 4 is 17.0 Å². The Balaban J connectivity index is 2.20. The van der Waals surface area contributed by atoms with Crippen LogP contribution in [0.4, 0.5) is 5.69 Å². The van der Waals surface area contributed by atoms with E-state index in [2.05, 4.69) is 19.1 Å². The first kappa shape index (κ1) is 11.0. The molecule has 0 aliphatic rings. The van der Waals surface area contributed by atoms with Gasteiger partial charge in [0.1, 0.15) is 0 Å². The second-order valence-electron chi connectivity index (χ2n) is 3.66. The van der Waals surface area contributed by atoms with Crippen LogP contribution < -0.4 is 11.2 Å². The Hall–Kier alpha value is -1.55. The van der Waals surface area contributed by atoms with Crippen molar-refractivity contribution < 1.29 is 0 Å². The Morgan fingerprint density at radius 3 is 2.69 bits per heavy atom. The Bertz CT molecular complexity index is 542. The predicted octanol–water partition coefficient (Wildman–Crippen LogP) is 2.10. The summed E-state index contributed by atoms with van der Waals surface area (Å²) < 4.78 is 1.93. The summed E-state index contributed by atoms with van der Waals surface area (Å²) in [5.41, 5.74) is 5.76. The summed E-state index contributed by atoms with van der Waals surface area (Å²) in [6.07, 6.45) is 4.52. The quantitative estimate of drug-likeness (QED) is 0.884. The number of nitrogens with zero attached hydrogens (tertiary/aromatic N) is 1. The van der Waals surface area contributed by atoms with Crippen LogP contribution in [0.25, 0.3) is 0 Å². The molecule has 2 aromatic heterocycles. The number of hydrogen-bond acceptors (Lipinski definition) is 3. The zero-order valence-electron chi connectivity index (χ0n) is 9.14. The van der Waals surface area contributed by atoms with Crippen LogP contribution in [-0.4, -0.2) is 4.57 Å². The molecule has 2 rings (SSSR count). The van der Waals surface area contributed by atoms with E-state index in [4.69, 9.17) is 5.73 Å². The molecule has 0 radical (unpaired) electrons. The van der Waals surface area contributed by atoms with Gasteiger partial charge in [-0.15, -0.1) is 11.3 Å². The van der Waals surface area contributed by atoms with Gasteiger partial charge >= 0.3 is 0 Å². The van der Waals surface area contributed by atoms with Gasteiger partial charge in [-0.1, -0.05) is 6.92 Å². The van der Waals surface area contributed by atoms with Crippen LogP contribution in [-0.2, 0) is 13.0 Å². The fraction of sp³-hybridized carbons (Fsp3) is 0.250. The van der Waals surface area contributed by atoms with Gasteiger partial charge < -0.3 is 10.3 Å². The van der Waals surface area contributed by atoms with E-state index < -0.39 is 0 Å². The number of rotatable bonds is 3. The van der Waals surface area contributed by atoms with Crippen molar-refractivity contribution in [3.05, 3.63) is 50.6 Å². The van der Waals surface area contributed by atoms with E-state index in [1.165, 1.54) is 15.8 Å². The van der Waals surface area contributed by atoms with Crippen LogP contribution in [0.5, 0.6) is 0 Å². The van der Waals surface area contributed by atoms with Crippen molar-refractivity contribution in [2.45, 2.75) is 19.9 Å². The molecule has 0 bridgehead atoms. The van der Waals surface area contributed by atoms with Crippen LogP contribution in [0.2, 0.25) is 0 Å². The second-order valence-corrected chi connectivity index (χ2v) is 4.91. The van der Waals surface area contributed by atoms with Crippen LogP contribution >= 0.6 is 11.3 Å². The molecule has 2 heterocycles. The molecule has 0 amide bonds. The van der Waals surface area contributed by atoms with E-state index in [1.54, 1.807) is 23.7 Å². The maximum atomic E-state index is 11.1. The Kier molecular flexibility index (Phi) is 3.10. The number of nitrogens with two attached hydrogens (primary N) is 1. The number of thiophene rings is 1. The zero-order valence-corrected chi connectivity index (χ0v) is 9.96. The van der Waals surface area contributed by atoms with Crippen molar-refractivity contribution in [3.63, 3.8) is 0 Å².